The van der Waals surface area contributed by atoms with Crippen molar-refractivity contribution in [3.63, 3.8) is 0 Å². The molecule has 1 fully saturated rings. The fourth-order valence-corrected chi connectivity index (χ4v) is 3.09. The van der Waals surface area contributed by atoms with Gasteiger partial charge in [-0.3, -0.25) is 0 Å². The average Bonchev–Trinajstić information content (AvgIpc) is 3.53. The Morgan fingerprint density at radius 3 is 2.60 bits per heavy atom. The number of unbranched alkanes of at least 4 members (excludes halogenated alkanes) is 3. The van der Waals surface area contributed by atoms with Crippen LogP contribution in [0.15, 0.2) is 36.1 Å². The molecule has 3 N–H and O–H groups in total. The van der Waals surface area contributed by atoms with E-state index in [9.17, 15) is 9.90 Å². The highest BCUT2D eigenvalue weighted by Crippen LogP contribution is 2.29. The molecule has 1 aliphatic rings. The summed E-state index contributed by atoms with van der Waals surface area (Å²) in [4.78, 5) is 11.6. The molecule has 1 rings (SSSR count). The zero-order chi connectivity index (χ0) is 22.4. The largest absolute Gasteiger partial charge is 0.491 e. The van der Waals surface area contributed by atoms with Gasteiger partial charge in [0.25, 0.3) is 0 Å². The van der Waals surface area contributed by atoms with Crippen LogP contribution in [0.1, 0.15) is 78.6 Å². The van der Waals surface area contributed by atoms with Gasteiger partial charge in [0.2, 0.25) is 0 Å². The minimum Gasteiger partial charge on any atom is -0.491 e. The topological polar surface area (TPSA) is 81.8 Å². The van der Waals surface area contributed by atoms with Crippen molar-refractivity contribution in [3.8, 4) is 0 Å². The number of allylic oxidation sites excluding steroid dienone is 3. The average molecular weight is 422 g/mol. The van der Waals surface area contributed by atoms with Crippen LogP contribution in [0.25, 0.3) is 0 Å². The molecule has 0 aromatic rings. The van der Waals surface area contributed by atoms with Gasteiger partial charge < -0.3 is 25.1 Å². The van der Waals surface area contributed by atoms with Crippen LogP contribution in [-0.4, -0.2) is 42.4 Å². The number of ether oxygens (including phenoxy) is 2. The van der Waals surface area contributed by atoms with Gasteiger partial charge in [-0.1, -0.05) is 52.2 Å². The second-order valence-electron chi connectivity index (χ2n) is 8.69. The van der Waals surface area contributed by atoms with Gasteiger partial charge in [0.1, 0.15) is 11.4 Å². The van der Waals surface area contributed by atoms with E-state index >= 15 is 0 Å². The van der Waals surface area contributed by atoms with Crippen LogP contribution in [0.4, 0.5) is 0 Å². The second kappa shape index (κ2) is 14.6. The molecule has 2 unspecified atom stereocenters. The molecule has 0 aliphatic heterocycles. The van der Waals surface area contributed by atoms with Crippen LogP contribution in [0.2, 0.25) is 0 Å². The molecule has 0 amide bonds. The Balaban J connectivity index is 2.73. The lowest BCUT2D eigenvalue weighted by molar-refractivity contribution is -0.127. The van der Waals surface area contributed by atoms with E-state index < -0.39 is 11.6 Å². The molecule has 0 saturated heterocycles. The lowest BCUT2D eigenvalue weighted by Crippen LogP contribution is -2.52. The van der Waals surface area contributed by atoms with Gasteiger partial charge in [-0.25, -0.2) is 0 Å². The third-order valence-corrected chi connectivity index (χ3v) is 5.36. The molecular weight excluding hydrogens is 378 g/mol. The fraction of sp³-hybridized carbons (Fsp3) is 0.720. The number of carbonyl (C=O) groups excluding carboxylic acids is 1. The van der Waals surface area contributed by atoms with Crippen molar-refractivity contribution in [2.24, 2.45) is 11.7 Å². The second-order valence-corrected chi connectivity index (χ2v) is 8.69. The van der Waals surface area contributed by atoms with Gasteiger partial charge in [-0.05, 0) is 56.3 Å². The molecule has 0 spiro atoms. The number of hydrogen-bond donors (Lipinski definition) is 2. The molecule has 0 heterocycles. The number of aldehydes is 1. The Labute approximate surface area is 183 Å². The molecule has 30 heavy (non-hydrogen) atoms. The summed E-state index contributed by atoms with van der Waals surface area (Å²) in [5.41, 5.74) is 4.98. The first-order valence-corrected chi connectivity index (χ1v) is 11.6. The predicted molar refractivity (Wildman–Crippen MR) is 123 cm³/mol. The number of rotatable bonds is 18. The van der Waals surface area contributed by atoms with E-state index in [1.54, 1.807) is 6.08 Å². The molecular formula is C25H43NO4. The monoisotopic (exact) mass is 421 g/mol. The molecule has 5 heteroatoms. The number of hydrogen-bond acceptors (Lipinski definition) is 5. The molecule has 1 saturated carbocycles. The van der Waals surface area contributed by atoms with E-state index in [1.165, 1.54) is 12.8 Å². The summed E-state index contributed by atoms with van der Waals surface area (Å²) >= 11 is 0. The number of carbonyl (C=O) groups is 1. The Morgan fingerprint density at radius 1 is 1.30 bits per heavy atom. The maximum atomic E-state index is 11.6. The quantitative estimate of drug-likeness (QED) is 0.143. The summed E-state index contributed by atoms with van der Waals surface area (Å²) < 4.78 is 11.7. The third-order valence-electron chi connectivity index (χ3n) is 5.36. The molecule has 3 atom stereocenters. The zero-order valence-electron chi connectivity index (χ0n) is 19.3. The van der Waals surface area contributed by atoms with Crippen LogP contribution in [0.5, 0.6) is 0 Å². The van der Waals surface area contributed by atoms with Crippen molar-refractivity contribution < 1.29 is 19.4 Å². The van der Waals surface area contributed by atoms with Gasteiger partial charge in [0.05, 0.1) is 18.8 Å². The molecule has 172 valence electrons. The Bertz CT molecular complexity index is 567. The van der Waals surface area contributed by atoms with Crippen LogP contribution in [0.3, 0.4) is 0 Å². The van der Waals surface area contributed by atoms with E-state index in [0.717, 1.165) is 38.5 Å². The first-order valence-electron chi connectivity index (χ1n) is 11.6. The highest BCUT2D eigenvalue weighted by Gasteiger charge is 2.35. The normalized spacial score (nSPS) is 18.8. The fourth-order valence-electron chi connectivity index (χ4n) is 3.09. The van der Waals surface area contributed by atoms with Gasteiger partial charge in [0.15, 0.2) is 6.29 Å². The maximum Gasteiger partial charge on any atom is 0.153 e. The van der Waals surface area contributed by atoms with Crippen LogP contribution >= 0.6 is 0 Å². The molecule has 0 aromatic heterocycles. The summed E-state index contributed by atoms with van der Waals surface area (Å²) in [7, 11) is 0. The van der Waals surface area contributed by atoms with Crippen molar-refractivity contribution in [1.29, 1.82) is 0 Å². The van der Waals surface area contributed by atoms with E-state index in [0.29, 0.717) is 30.1 Å². The standard InChI is InChI=1S/C25H43NO4/c1-5-7-9-10-12-23(30-21(4)11-8-6-2)15-20(3)16-25(28,19-27)24(26)18-29-17-22-13-14-22/h10,12,15,19,21-22,24,28H,3,5-9,11,13-14,16-18,26H2,1-2,4H3/b12-10-,23-15+/t21?,24?,25-/m0/s1. The summed E-state index contributed by atoms with van der Waals surface area (Å²) in [6, 6.07) is -0.799. The lowest BCUT2D eigenvalue weighted by Gasteiger charge is -2.29. The molecule has 0 aromatic carbocycles. The Kier molecular flexibility index (Phi) is 12.9. The summed E-state index contributed by atoms with van der Waals surface area (Å²) in [6.45, 7) is 11.2. The minimum absolute atomic E-state index is 0.0451. The summed E-state index contributed by atoms with van der Waals surface area (Å²) in [6.07, 6.45) is 15.3. The van der Waals surface area contributed by atoms with Gasteiger partial charge in [-0.15, -0.1) is 0 Å². The maximum absolute atomic E-state index is 11.6. The van der Waals surface area contributed by atoms with Gasteiger partial charge >= 0.3 is 0 Å². The van der Waals surface area contributed by atoms with Crippen molar-refractivity contribution >= 4 is 6.29 Å². The zero-order valence-corrected chi connectivity index (χ0v) is 19.3. The lowest BCUT2D eigenvalue weighted by atomic mass is 9.89. The van der Waals surface area contributed by atoms with E-state index in [2.05, 4.69) is 33.4 Å². The highest BCUT2D eigenvalue weighted by molar-refractivity contribution is 5.64. The first-order chi connectivity index (χ1) is 14.3. The number of nitrogens with two attached hydrogens (primary N) is 1. The summed E-state index contributed by atoms with van der Waals surface area (Å²) in [5, 5.41) is 10.8. The van der Waals surface area contributed by atoms with Crippen LogP contribution in [-0.2, 0) is 14.3 Å². The highest BCUT2D eigenvalue weighted by atomic mass is 16.5. The van der Waals surface area contributed by atoms with Gasteiger partial charge in [-0.2, -0.15) is 0 Å². The van der Waals surface area contributed by atoms with Crippen LogP contribution in [0, 0.1) is 5.92 Å². The van der Waals surface area contributed by atoms with E-state index in [-0.39, 0.29) is 19.1 Å². The molecule has 0 radical (unpaired) electrons. The van der Waals surface area contributed by atoms with Crippen molar-refractivity contribution in [3.05, 3.63) is 36.1 Å². The summed E-state index contributed by atoms with van der Waals surface area (Å²) in [5.74, 6) is 1.31. The van der Waals surface area contributed by atoms with E-state index in [4.69, 9.17) is 15.2 Å². The van der Waals surface area contributed by atoms with Crippen LogP contribution < -0.4 is 5.73 Å². The third kappa shape index (κ3) is 11.1. The molecule has 0 bridgehead atoms. The van der Waals surface area contributed by atoms with Crippen molar-refractivity contribution in [2.45, 2.75) is 96.3 Å². The van der Waals surface area contributed by atoms with Crippen molar-refractivity contribution in [1.82, 2.24) is 0 Å². The van der Waals surface area contributed by atoms with Gasteiger partial charge in [0, 0.05) is 13.0 Å². The smallest absolute Gasteiger partial charge is 0.153 e. The first kappa shape index (κ1) is 26.6. The molecule has 5 nitrogen and oxygen atoms in total. The van der Waals surface area contributed by atoms with Crippen molar-refractivity contribution in [2.75, 3.05) is 13.2 Å². The number of aliphatic hydroxyl groups is 1. The SMILES string of the molecule is C=C(/C=C(\C=C/CCCC)OC(C)CCCC)C[C@](O)(C=O)C(N)COCC1CC1. The molecule has 1 aliphatic carbocycles. The predicted octanol–water partition coefficient (Wildman–Crippen LogP) is 4.84. The minimum atomic E-state index is -1.71. The Morgan fingerprint density at radius 2 is 2.00 bits per heavy atom. The van der Waals surface area contributed by atoms with E-state index in [1.807, 2.05) is 6.08 Å². The Hall–Kier alpha value is -1.43.